The average molecular weight is 492 g/mol. The van der Waals surface area contributed by atoms with Crippen molar-refractivity contribution in [1.29, 1.82) is 0 Å². The first-order valence-electron chi connectivity index (χ1n) is 9.12. The standard InChI is InChI=1S/C22H19BrFNO4S/c1-3-28-22(27)20-17(14-4-6-15(24)7-5-14)12-30-21(20)25-19(26)11-29-16-8-9-18(23)13(2)10-16/h4-10,12H,3,11H2,1-2H3,(H,25,26). The Hall–Kier alpha value is -2.71. The highest BCUT2D eigenvalue weighted by Crippen LogP contribution is 2.36. The minimum absolute atomic E-state index is 0.191. The molecular formula is C22H19BrFNO4S. The van der Waals surface area contributed by atoms with Gasteiger partial charge in [-0.25, -0.2) is 9.18 Å². The molecule has 0 spiro atoms. The number of halogens is 2. The SMILES string of the molecule is CCOC(=O)c1c(-c2ccc(F)cc2)csc1NC(=O)COc1ccc(Br)c(C)c1. The summed E-state index contributed by atoms with van der Waals surface area (Å²) in [5, 5.41) is 4.80. The van der Waals surface area contributed by atoms with Crippen LogP contribution in [-0.2, 0) is 9.53 Å². The number of nitrogens with one attached hydrogen (secondary N) is 1. The average Bonchev–Trinajstić information content (AvgIpc) is 3.13. The van der Waals surface area contributed by atoms with E-state index in [1.807, 2.05) is 19.1 Å². The molecule has 0 saturated carbocycles. The highest BCUT2D eigenvalue weighted by Gasteiger charge is 2.23. The maximum absolute atomic E-state index is 13.3. The van der Waals surface area contributed by atoms with Gasteiger partial charge in [-0.15, -0.1) is 11.3 Å². The number of hydrogen-bond donors (Lipinski definition) is 1. The highest BCUT2D eigenvalue weighted by molar-refractivity contribution is 9.10. The van der Waals surface area contributed by atoms with Crippen molar-refractivity contribution < 1.29 is 23.5 Å². The zero-order chi connectivity index (χ0) is 21.7. The Balaban J connectivity index is 1.78. The summed E-state index contributed by atoms with van der Waals surface area (Å²) in [4.78, 5) is 25.0. The Morgan fingerprint density at radius 1 is 1.17 bits per heavy atom. The van der Waals surface area contributed by atoms with Crippen LogP contribution in [0.15, 0.2) is 52.3 Å². The molecule has 1 heterocycles. The topological polar surface area (TPSA) is 64.6 Å². The summed E-state index contributed by atoms with van der Waals surface area (Å²) in [6.45, 7) is 3.60. The monoisotopic (exact) mass is 491 g/mol. The molecule has 5 nitrogen and oxygen atoms in total. The van der Waals surface area contributed by atoms with Crippen LogP contribution in [0.25, 0.3) is 11.1 Å². The van der Waals surface area contributed by atoms with Crippen LogP contribution in [-0.4, -0.2) is 25.1 Å². The van der Waals surface area contributed by atoms with Gasteiger partial charge < -0.3 is 14.8 Å². The van der Waals surface area contributed by atoms with Crippen LogP contribution in [0.2, 0.25) is 0 Å². The number of hydrogen-bond acceptors (Lipinski definition) is 5. The Kier molecular flexibility index (Phi) is 7.23. The molecule has 30 heavy (non-hydrogen) atoms. The second-order valence-corrected chi connectivity index (χ2v) is 8.06. The van der Waals surface area contributed by atoms with Crippen LogP contribution >= 0.6 is 27.3 Å². The van der Waals surface area contributed by atoms with E-state index in [0.29, 0.717) is 21.9 Å². The van der Waals surface area contributed by atoms with E-state index in [-0.39, 0.29) is 24.6 Å². The van der Waals surface area contributed by atoms with Crippen LogP contribution < -0.4 is 10.1 Å². The van der Waals surface area contributed by atoms with E-state index in [4.69, 9.17) is 9.47 Å². The molecule has 0 saturated heterocycles. The summed E-state index contributed by atoms with van der Waals surface area (Å²) >= 11 is 4.61. The molecule has 3 rings (SSSR count). The van der Waals surface area contributed by atoms with Gasteiger partial charge in [-0.3, -0.25) is 4.79 Å². The lowest BCUT2D eigenvalue weighted by Crippen LogP contribution is -2.21. The highest BCUT2D eigenvalue weighted by atomic mass is 79.9. The van der Waals surface area contributed by atoms with Crippen molar-refractivity contribution >= 4 is 44.1 Å². The van der Waals surface area contributed by atoms with Gasteiger partial charge in [-0.05, 0) is 55.3 Å². The van der Waals surface area contributed by atoms with Crippen molar-refractivity contribution in [3.63, 3.8) is 0 Å². The number of esters is 1. The molecule has 0 unspecified atom stereocenters. The fourth-order valence-electron chi connectivity index (χ4n) is 2.72. The van der Waals surface area contributed by atoms with E-state index >= 15 is 0 Å². The Morgan fingerprint density at radius 2 is 1.90 bits per heavy atom. The molecule has 0 aliphatic carbocycles. The predicted octanol–water partition coefficient (Wildman–Crippen LogP) is 5.82. The van der Waals surface area contributed by atoms with Crippen LogP contribution in [0.1, 0.15) is 22.8 Å². The maximum atomic E-state index is 13.3. The van der Waals surface area contributed by atoms with Crippen molar-refractivity contribution in [1.82, 2.24) is 0 Å². The minimum Gasteiger partial charge on any atom is -0.484 e. The van der Waals surface area contributed by atoms with Gasteiger partial charge in [0.2, 0.25) is 0 Å². The number of carbonyl (C=O) groups excluding carboxylic acids is 2. The quantitative estimate of drug-likeness (QED) is 0.423. The lowest BCUT2D eigenvalue weighted by Gasteiger charge is -2.10. The zero-order valence-corrected chi connectivity index (χ0v) is 18.7. The van der Waals surface area contributed by atoms with Gasteiger partial charge in [0.1, 0.15) is 22.1 Å². The molecule has 0 bridgehead atoms. The van der Waals surface area contributed by atoms with Gasteiger partial charge >= 0.3 is 5.97 Å². The first-order valence-corrected chi connectivity index (χ1v) is 10.8. The minimum atomic E-state index is -0.558. The molecule has 0 radical (unpaired) electrons. The lowest BCUT2D eigenvalue weighted by molar-refractivity contribution is -0.118. The third-order valence-electron chi connectivity index (χ3n) is 4.18. The molecule has 0 aliphatic rings. The van der Waals surface area contributed by atoms with Crippen molar-refractivity contribution in [2.24, 2.45) is 0 Å². The Labute approximate surface area is 186 Å². The number of anilines is 1. The molecule has 2 aromatic carbocycles. The second-order valence-electron chi connectivity index (χ2n) is 6.33. The largest absolute Gasteiger partial charge is 0.484 e. The predicted molar refractivity (Wildman–Crippen MR) is 119 cm³/mol. The summed E-state index contributed by atoms with van der Waals surface area (Å²) in [6, 6.07) is 11.2. The van der Waals surface area contributed by atoms with Gasteiger partial charge in [0, 0.05) is 15.4 Å². The van der Waals surface area contributed by atoms with Gasteiger partial charge in [-0.2, -0.15) is 0 Å². The van der Waals surface area contributed by atoms with Crippen LogP contribution in [0.3, 0.4) is 0 Å². The summed E-state index contributed by atoms with van der Waals surface area (Å²) in [5.41, 5.74) is 2.44. The fraction of sp³-hybridized carbons (Fsp3) is 0.182. The van der Waals surface area contributed by atoms with E-state index in [9.17, 15) is 14.0 Å². The Morgan fingerprint density at radius 3 is 2.57 bits per heavy atom. The summed E-state index contributed by atoms with van der Waals surface area (Å²) in [6.07, 6.45) is 0. The molecule has 8 heteroatoms. The smallest absolute Gasteiger partial charge is 0.341 e. The molecular weight excluding hydrogens is 473 g/mol. The third-order valence-corrected chi connectivity index (χ3v) is 5.96. The first kappa shape index (κ1) is 22.0. The molecule has 1 aromatic heterocycles. The van der Waals surface area contributed by atoms with Gasteiger partial charge in [0.05, 0.1) is 6.61 Å². The number of ether oxygens (including phenoxy) is 2. The van der Waals surface area contributed by atoms with Gasteiger partial charge in [0.25, 0.3) is 5.91 Å². The second kappa shape index (κ2) is 9.86. The zero-order valence-electron chi connectivity index (χ0n) is 16.3. The summed E-state index contributed by atoms with van der Waals surface area (Å²) in [5.74, 6) is -0.776. The Bertz CT molecular complexity index is 1070. The molecule has 0 fully saturated rings. The third kappa shape index (κ3) is 5.25. The van der Waals surface area contributed by atoms with Crippen LogP contribution in [0.4, 0.5) is 9.39 Å². The maximum Gasteiger partial charge on any atom is 0.341 e. The summed E-state index contributed by atoms with van der Waals surface area (Å²) in [7, 11) is 0. The molecule has 3 aromatic rings. The molecule has 0 aliphatic heterocycles. The van der Waals surface area contributed by atoms with Crippen LogP contribution in [0, 0.1) is 12.7 Å². The van der Waals surface area contributed by atoms with Crippen molar-refractivity contribution in [3.8, 4) is 16.9 Å². The van der Waals surface area contributed by atoms with Crippen molar-refractivity contribution in [2.75, 3.05) is 18.5 Å². The molecule has 0 atom stereocenters. The van der Waals surface area contributed by atoms with E-state index in [0.717, 1.165) is 10.0 Å². The van der Waals surface area contributed by atoms with Crippen molar-refractivity contribution in [3.05, 3.63) is 69.3 Å². The lowest BCUT2D eigenvalue weighted by atomic mass is 10.0. The van der Waals surface area contributed by atoms with Crippen LogP contribution in [0.5, 0.6) is 5.75 Å². The summed E-state index contributed by atoms with van der Waals surface area (Å²) < 4.78 is 24.9. The number of thiophene rings is 1. The number of amides is 1. The molecule has 1 amide bonds. The molecule has 1 N–H and O–H groups in total. The normalized spacial score (nSPS) is 10.5. The van der Waals surface area contributed by atoms with E-state index in [1.165, 1.54) is 23.5 Å². The fourth-order valence-corrected chi connectivity index (χ4v) is 3.94. The molecule has 156 valence electrons. The van der Waals surface area contributed by atoms with E-state index in [1.54, 1.807) is 30.5 Å². The van der Waals surface area contributed by atoms with Gasteiger partial charge in [-0.1, -0.05) is 28.1 Å². The number of rotatable bonds is 7. The first-order chi connectivity index (χ1) is 14.4. The number of carbonyl (C=O) groups is 2. The number of aryl methyl sites for hydroxylation is 1. The number of benzene rings is 2. The van der Waals surface area contributed by atoms with E-state index < -0.39 is 11.9 Å². The van der Waals surface area contributed by atoms with Gasteiger partial charge in [0.15, 0.2) is 6.61 Å². The van der Waals surface area contributed by atoms with Crippen molar-refractivity contribution in [2.45, 2.75) is 13.8 Å². The van der Waals surface area contributed by atoms with E-state index in [2.05, 4.69) is 21.2 Å².